The zero-order chi connectivity index (χ0) is 19.0. The van der Waals surface area contributed by atoms with Crippen LogP contribution >= 0.6 is 0 Å². The van der Waals surface area contributed by atoms with Gasteiger partial charge in [-0.25, -0.2) is 0 Å². The summed E-state index contributed by atoms with van der Waals surface area (Å²) in [7, 11) is 1.54. The zero-order valence-electron chi connectivity index (χ0n) is 14.3. The number of carbonyl (C=O) groups excluding carboxylic acids is 2. The van der Waals surface area contributed by atoms with Gasteiger partial charge in [-0.2, -0.15) is 0 Å². The summed E-state index contributed by atoms with van der Waals surface area (Å²) in [6, 6.07) is 12.1. The van der Waals surface area contributed by atoms with Gasteiger partial charge in [-0.3, -0.25) is 14.5 Å². The number of nitrogens with zero attached hydrogens (tertiary/aromatic N) is 1. The second-order valence-electron chi connectivity index (χ2n) is 5.86. The van der Waals surface area contributed by atoms with Gasteiger partial charge < -0.3 is 18.7 Å². The number of carbonyl (C=O) groups is 2. The minimum atomic E-state index is -0.918. The Labute approximate surface area is 154 Å². The molecule has 3 aromatic rings. The molecule has 0 saturated heterocycles. The number of amides is 1. The Bertz CT molecular complexity index is 999. The molecule has 0 spiro atoms. The zero-order valence-corrected chi connectivity index (χ0v) is 14.3. The van der Waals surface area contributed by atoms with E-state index in [9.17, 15) is 14.7 Å². The summed E-state index contributed by atoms with van der Waals surface area (Å²) < 4.78 is 15.8. The maximum absolute atomic E-state index is 12.9. The van der Waals surface area contributed by atoms with Crippen molar-refractivity contribution in [2.24, 2.45) is 0 Å². The second kappa shape index (κ2) is 6.53. The van der Waals surface area contributed by atoms with Gasteiger partial charge in [-0.1, -0.05) is 0 Å². The third kappa shape index (κ3) is 2.69. The van der Waals surface area contributed by atoms with Gasteiger partial charge in [0.15, 0.2) is 11.5 Å². The van der Waals surface area contributed by atoms with Gasteiger partial charge in [0.25, 0.3) is 5.91 Å². The van der Waals surface area contributed by atoms with E-state index in [4.69, 9.17) is 13.6 Å². The topological polar surface area (TPSA) is 93.1 Å². The summed E-state index contributed by atoms with van der Waals surface area (Å²) in [5.74, 6) is -0.923. The normalized spacial score (nSPS) is 16.9. The van der Waals surface area contributed by atoms with Crippen LogP contribution in [0.1, 0.15) is 22.4 Å². The number of aliphatic hydroxyl groups excluding tert-OH is 1. The second-order valence-corrected chi connectivity index (χ2v) is 5.86. The summed E-state index contributed by atoms with van der Waals surface area (Å²) >= 11 is 0. The maximum Gasteiger partial charge on any atom is 0.294 e. The molecule has 1 unspecified atom stereocenters. The predicted octanol–water partition coefficient (Wildman–Crippen LogP) is 3.66. The molecule has 7 heteroatoms. The van der Waals surface area contributed by atoms with E-state index in [-0.39, 0.29) is 11.3 Å². The fraction of sp³-hybridized carbons (Fsp3) is 0.100. The van der Waals surface area contributed by atoms with E-state index in [1.165, 1.54) is 30.6 Å². The lowest BCUT2D eigenvalue weighted by Crippen LogP contribution is -2.30. The minimum absolute atomic E-state index is 0.0255. The largest absolute Gasteiger partial charge is 0.503 e. The van der Waals surface area contributed by atoms with Crippen molar-refractivity contribution in [2.75, 3.05) is 12.0 Å². The number of hydrogen-bond donors (Lipinski definition) is 1. The van der Waals surface area contributed by atoms with Crippen LogP contribution in [0.25, 0.3) is 0 Å². The molecule has 2 aromatic heterocycles. The smallest absolute Gasteiger partial charge is 0.294 e. The SMILES string of the molecule is COc1ccc(N2C(=O)C(O)=C(C(=O)c3ccco3)C2c2ccco2)cc1. The Hall–Kier alpha value is -3.74. The number of benzene rings is 1. The van der Waals surface area contributed by atoms with E-state index >= 15 is 0 Å². The molecule has 0 saturated carbocycles. The molecule has 0 bridgehead atoms. The third-order valence-electron chi connectivity index (χ3n) is 4.36. The Morgan fingerprint density at radius 3 is 2.37 bits per heavy atom. The Morgan fingerprint density at radius 1 is 1.07 bits per heavy atom. The van der Waals surface area contributed by atoms with Crippen molar-refractivity contribution >= 4 is 17.4 Å². The van der Waals surface area contributed by atoms with Crippen LogP contribution in [0.3, 0.4) is 0 Å². The van der Waals surface area contributed by atoms with Crippen LogP contribution in [-0.4, -0.2) is 23.9 Å². The molecule has 1 aliphatic rings. The van der Waals surface area contributed by atoms with Crippen LogP contribution in [0.5, 0.6) is 5.75 Å². The molecule has 1 atom stereocenters. The van der Waals surface area contributed by atoms with E-state index in [0.717, 1.165) is 0 Å². The van der Waals surface area contributed by atoms with Crippen LogP contribution in [0, 0.1) is 0 Å². The van der Waals surface area contributed by atoms with Gasteiger partial charge in [0.2, 0.25) is 5.78 Å². The first-order chi connectivity index (χ1) is 13.1. The number of aliphatic hydroxyl groups is 1. The van der Waals surface area contributed by atoms with E-state index in [1.807, 2.05) is 0 Å². The molecule has 7 nitrogen and oxygen atoms in total. The van der Waals surface area contributed by atoms with Crippen molar-refractivity contribution in [1.29, 1.82) is 0 Å². The lowest BCUT2D eigenvalue weighted by atomic mass is 9.99. The molecule has 0 fully saturated rings. The van der Waals surface area contributed by atoms with Crippen LogP contribution in [0.4, 0.5) is 5.69 Å². The van der Waals surface area contributed by atoms with Crippen molar-refractivity contribution in [2.45, 2.75) is 6.04 Å². The quantitative estimate of drug-likeness (QED) is 0.694. The number of ether oxygens (including phenoxy) is 1. The number of rotatable bonds is 5. The number of methoxy groups -OCH3 is 1. The van der Waals surface area contributed by atoms with Gasteiger partial charge in [0.05, 0.1) is 25.2 Å². The molecule has 1 aromatic carbocycles. The van der Waals surface area contributed by atoms with E-state index in [0.29, 0.717) is 17.2 Å². The van der Waals surface area contributed by atoms with Crippen LogP contribution < -0.4 is 9.64 Å². The summed E-state index contributed by atoms with van der Waals surface area (Å²) in [5.41, 5.74) is 0.386. The number of ketones is 1. The van der Waals surface area contributed by atoms with Crippen molar-refractivity contribution < 1.29 is 28.3 Å². The van der Waals surface area contributed by atoms with E-state index in [1.54, 1.807) is 42.5 Å². The van der Waals surface area contributed by atoms with Gasteiger partial charge in [-0.15, -0.1) is 0 Å². The molecule has 0 radical (unpaired) electrons. The molecule has 136 valence electrons. The molecule has 0 aliphatic carbocycles. The molecule has 3 heterocycles. The first-order valence-corrected chi connectivity index (χ1v) is 8.14. The highest BCUT2D eigenvalue weighted by atomic mass is 16.5. The number of furan rings is 2. The molecule has 1 amide bonds. The monoisotopic (exact) mass is 365 g/mol. The Kier molecular flexibility index (Phi) is 4.04. The van der Waals surface area contributed by atoms with Crippen LogP contribution in [0.2, 0.25) is 0 Å². The van der Waals surface area contributed by atoms with E-state index in [2.05, 4.69) is 0 Å². The van der Waals surface area contributed by atoms with Crippen molar-refractivity contribution in [3.63, 3.8) is 0 Å². The fourth-order valence-corrected chi connectivity index (χ4v) is 3.10. The van der Waals surface area contributed by atoms with Gasteiger partial charge in [0, 0.05) is 5.69 Å². The fourth-order valence-electron chi connectivity index (χ4n) is 3.10. The summed E-state index contributed by atoms with van der Waals surface area (Å²) in [5, 5.41) is 10.5. The lowest BCUT2D eigenvalue weighted by molar-refractivity contribution is -0.117. The summed E-state index contributed by atoms with van der Waals surface area (Å²) in [4.78, 5) is 27.0. The summed E-state index contributed by atoms with van der Waals surface area (Å²) in [6.07, 6.45) is 2.79. The Balaban J connectivity index is 1.83. The molecular formula is C20H15NO6. The highest BCUT2D eigenvalue weighted by Crippen LogP contribution is 2.42. The van der Waals surface area contributed by atoms with Crippen LogP contribution in [-0.2, 0) is 4.79 Å². The Morgan fingerprint density at radius 2 is 1.78 bits per heavy atom. The average Bonchev–Trinajstić information content (AvgIpc) is 3.44. The summed E-state index contributed by atoms with van der Waals surface area (Å²) in [6.45, 7) is 0. The van der Waals surface area contributed by atoms with Crippen molar-refractivity contribution in [3.8, 4) is 5.75 Å². The molecule has 27 heavy (non-hydrogen) atoms. The van der Waals surface area contributed by atoms with Gasteiger partial charge in [0.1, 0.15) is 17.6 Å². The first kappa shape index (κ1) is 16.7. The molecule has 1 N–H and O–H groups in total. The molecule has 4 rings (SSSR count). The standard InChI is InChI=1S/C20H15NO6/c1-25-13-8-6-12(7-9-13)21-17(14-4-2-10-26-14)16(19(23)20(21)24)18(22)15-5-3-11-27-15/h2-11,17,23H,1H3. The van der Waals surface area contributed by atoms with Gasteiger partial charge >= 0.3 is 0 Å². The van der Waals surface area contributed by atoms with Crippen molar-refractivity contribution in [3.05, 3.63) is 83.9 Å². The number of hydrogen-bond acceptors (Lipinski definition) is 6. The highest BCUT2D eigenvalue weighted by molar-refractivity contribution is 6.20. The highest BCUT2D eigenvalue weighted by Gasteiger charge is 2.46. The predicted molar refractivity (Wildman–Crippen MR) is 94.6 cm³/mol. The van der Waals surface area contributed by atoms with E-state index < -0.39 is 23.5 Å². The van der Waals surface area contributed by atoms with Gasteiger partial charge in [-0.05, 0) is 48.5 Å². The first-order valence-electron chi connectivity index (χ1n) is 8.14. The number of Topliss-reactive ketones (excluding diaryl/α,β-unsaturated/α-hetero) is 1. The van der Waals surface area contributed by atoms with Crippen LogP contribution in [0.15, 0.2) is 81.2 Å². The van der Waals surface area contributed by atoms with Crippen molar-refractivity contribution in [1.82, 2.24) is 0 Å². The third-order valence-corrected chi connectivity index (χ3v) is 4.36. The molecule has 1 aliphatic heterocycles. The maximum atomic E-state index is 12.9. The average molecular weight is 365 g/mol. The minimum Gasteiger partial charge on any atom is -0.503 e. The molecular weight excluding hydrogens is 350 g/mol. The number of anilines is 1. The lowest BCUT2D eigenvalue weighted by Gasteiger charge is -2.24.